The van der Waals surface area contributed by atoms with Crippen LogP contribution in [-0.4, -0.2) is 35.4 Å². The summed E-state index contributed by atoms with van der Waals surface area (Å²) in [5.41, 5.74) is 0. The molecular formula is C9H14O5. The maximum Gasteiger partial charge on any atom is 0.333 e. The van der Waals surface area contributed by atoms with Crippen molar-refractivity contribution in [3.63, 3.8) is 0 Å². The van der Waals surface area contributed by atoms with Crippen molar-refractivity contribution in [2.24, 2.45) is 5.92 Å². The van der Waals surface area contributed by atoms with Crippen molar-refractivity contribution in [3.8, 4) is 0 Å². The summed E-state index contributed by atoms with van der Waals surface area (Å²) in [5, 5.41) is 8.83. The van der Waals surface area contributed by atoms with Gasteiger partial charge in [0.25, 0.3) is 0 Å². The molecule has 0 aliphatic carbocycles. The van der Waals surface area contributed by atoms with Crippen LogP contribution in [0.25, 0.3) is 0 Å². The van der Waals surface area contributed by atoms with Gasteiger partial charge < -0.3 is 19.3 Å². The van der Waals surface area contributed by atoms with Gasteiger partial charge in [-0.25, -0.2) is 4.79 Å². The van der Waals surface area contributed by atoms with Crippen LogP contribution < -0.4 is 0 Å². The number of hydrogen-bond acceptors (Lipinski definition) is 4. The highest BCUT2D eigenvalue weighted by Gasteiger charge is 2.54. The molecule has 0 amide bonds. The second-order valence-corrected chi connectivity index (χ2v) is 4.22. The molecule has 14 heavy (non-hydrogen) atoms. The smallest absolute Gasteiger partial charge is 0.333 e. The van der Waals surface area contributed by atoms with Crippen molar-refractivity contribution in [2.45, 2.75) is 45.1 Å². The first-order valence-electron chi connectivity index (χ1n) is 4.64. The second kappa shape index (κ2) is 2.92. The second-order valence-electron chi connectivity index (χ2n) is 4.22. The third-order valence-electron chi connectivity index (χ3n) is 2.61. The SMILES string of the molecule is C[C@@H]1[C@H]2OC(C)(C)O[C@H]2O[C@@H]1C(=O)O. The predicted molar refractivity (Wildman–Crippen MR) is 45.5 cm³/mol. The van der Waals surface area contributed by atoms with Gasteiger partial charge in [-0.3, -0.25) is 0 Å². The molecule has 2 heterocycles. The molecule has 0 unspecified atom stereocenters. The van der Waals surface area contributed by atoms with E-state index in [0.717, 1.165) is 0 Å². The normalized spacial score (nSPS) is 45.1. The van der Waals surface area contributed by atoms with Gasteiger partial charge >= 0.3 is 5.97 Å². The number of aliphatic carboxylic acids is 1. The molecule has 5 nitrogen and oxygen atoms in total. The topological polar surface area (TPSA) is 65.0 Å². The molecule has 4 atom stereocenters. The van der Waals surface area contributed by atoms with Crippen LogP contribution in [0.5, 0.6) is 0 Å². The molecule has 2 aliphatic heterocycles. The van der Waals surface area contributed by atoms with Crippen molar-refractivity contribution in [1.29, 1.82) is 0 Å². The Hall–Kier alpha value is -0.650. The van der Waals surface area contributed by atoms with Gasteiger partial charge in [-0.05, 0) is 13.8 Å². The quantitative estimate of drug-likeness (QED) is 0.674. The highest BCUT2D eigenvalue weighted by molar-refractivity contribution is 5.73. The summed E-state index contributed by atoms with van der Waals surface area (Å²) in [5.74, 6) is -1.82. The number of rotatable bonds is 1. The van der Waals surface area contributed by atoms with E-state index in [1.54, 1.807) is 20.8 Å². The minimum Gasteiger partial charge on any atom is -0.479 e. The fraction of sp³-hybridized carbons (Fsp3) is 0.889. The molecule has 0 saturated carbocycles. The third-order valence-corrected chi connectivity index (χ3v) is 2.61. The molecule has 2 fully saturated rings. The summed E-state index contributed by atoms with van der Waals surface area (Å²) in [6, 6.07) is 0. The maximum absolute atomic E-state index is 10.8. The van der Waals surface area contributed by atoms with Crippen LogP contribution in [0.3, 0.4) is 0 Å². The Morgan fingerprint density at radius 1 is 1.36 bits per heavy atom. The van der Waals surface area contributed by atoms with Gasteiger partial charge in [0.2, 0.25) is 0 Å². The molecule has 0 spiro atoms. The molecule has 5 heteroatoms. The first kappa shape index (κ1) is 9.89. The van der Waals surface area contributed by atoms with E-state index in [2.05, 4.69) is 0 Å². The number of carbonyl (C=O) groups is 1. The van der Waals surface area contributed by atoms with Crippen molar-refractivity contribution >= 4 is 5.97 Å². The third kappa shape index (κ3) is 1.41. The Bertz CT molecular complexity index is 262. The lowest BCUT2D eigenvalue weighted by molar-refractivity contribution is -0.214. The van der Waals surface area contributed by atoms with Crippen LogP contribution in [0.1, 0.15) is 20.8 Å². The van der Waals surface area contributed by atoms with E-state index in [1.807, 2.05) is 0 Å². The lowest BCUT2D eigenvalue weighted by Crippen LogP contribution is -2.32. The summed E-state index contributed by atoms with van der Waals surface area (Å²) in [6.45, 7) is 5.38. The molecule has 0 aromatic rings. The van der Waals surface area contributed by atoms with Gasteiger partial charge in [0.15, 0.2) is 18.2 Å². The van der Waals surface area contributed by atoms with Gasteiger partial charge in [-0.1, -0.05) is 6.92 Å². The van der Waals surface area contributed by atoms with E-state index < -0.39 is 24.2 Å². The van der Waals surface area contributed by atoms with E-state index in [1.165, 1.54) is 0 Å². The number of fused-ring (bicyclic) bond motifs is 1. The summed E-state index contributed by atoms with van der Waals surface area (Å²) < 4.78 is 16.2. The van der Waals surface area contributed by atoms with Crippen molar-refractivity contribution < 1.29 is 24.1 Å². The Morgan fingerprint density at radius 2 is 2.00 bits per heavy atom. The minimum atomic E-state index is -0.961. The summed E-state index contributed by atoms with van der Waals surface area (Å²) in [4.78, 5) is 10.8. The first-order valence-corrected chi connectivity index (χ1v) is 4.64. The molecule has 0 aromatic carbocycles. The van der Waals surface area contributed by atoms with Gasteiger partial charge in [0.1, 0.15) is 6.10 Å². The van der Waals surface area contributed by atoms with Crippen molar-refractivity contribution in [2.75, 3.05) is 0 Å². The molecule has 1 N–H and O–H groups in total. The van der Waals surface area contributed by atoms with Crippen LogP contribution in [0, 0.1) is 5.92 Å². The maximum atomic E-state index is 10.8. The van der Waals surface area contributed by atoms with Gasteiger partial charge in [-0.2, -0.15) is 0 Å². The van der Waals surface area contributed by atoms with E-state index >= 15 is 0 Å². The minimum absolute atomic E-state index is 0.181. The highest BCUT2D eigenvalue weighted by Crippen LogP contribution is 2.40. The van der Waals surface area contributed by atoms with Crippen molar-refractivity contribution in [3.05, 3.63) is 0 Å². The van der Waals surface area contributed by atoms with Gasteiger partial charge in [-0.15, -0.1) is 0 Å². The number of carboxylic acids is 1. The average Bonchev–Trinajstić information content (AvgIpc) is 2.46. The van der Waals surface area contributed by atoms with E-state index in [9.17, 15) is 4.79 Å². The van der Waals surface area contributed by atoms with Crippen LogP contribution in [0.15, 0.2) is 0 Å². The lowest BCUT2D eigenvalue weighted by Gasteiger charge is -2.21. The van der Waals surface area contributed by atoms with Gasteiger partial charge in [0.05, 0.1) is 0 Å². The standard InChI is InChI=1S/C9H14O5/c1-4-5(7(10)11)12-8-6(4)13-9(2,3)14-8/h4-6,8H,1-3H3,(H,10,11)/t4-,5-,6+,8+/m0/s1. The molecule has 80 valence electrons. The fourth-order valence-electron chi connectivity index (χ4n) is 1.94. The number of carboxylic acid groups (broad SMARTS) is 1. The van der Waals surface area contributed by atoms with Crippen LogP contribution in [-0.2, 0) is 19.0 Å². The molecule has 0 bridgehead atoms. The molecule has 0 aromatic heterocycles. The lowest BCUT2D eigenvalue weighted by atomic mass is 10.0. The fourth-order valence-corrected chi connectivity index (χ4v) is 1.94. The monoisotopic (exact) mass is 202 g/mol. The molecule has 2 rings (SSSR count). The number of ether oxygens (including phenoxy) is 3. The molecule has 0 radical (unpaired) electrons. The van der Waals surface area contributed by atoms with E-state index in [0.29, 0.717) is 0 Å². The zero-order valence-electron chi connectivity index (χ0n) is 8.39. The average molecular weight is 202 g/mol. The first-order chi connectivity index (χ1) is 6.41. The zero-order chi connectivity index (χ0) is 10.5. The Labute approximate surface area is 81.9 Å². The summed E-state index contributed by atoms with van der Waals surface area (Å²) in [6.07, 6.45) is -1.63. The predicted octanol–water partition coefficient (Wildman–Crippen LogP) is 0.584. The molecule has 2 aliphatic rings. The highest BCUT2D eigenvalue weighted by atomic mass is 16.8. The largest absolute Gasteiger partial charge is 0.479 e. The zero-order valence-corrected chi connectivity index (χ0v) is 8.39. The van der Waals surface area contributed by atoms with E-state index in [-0.39, 0.29) is 12.0 Å². The number of hydrogen-bond donors (Lipinski definition) is 1. The van der Waals surface area contributed by atoms with Crippen LogP contribution >= 0.6 is 0 Å². The van der Waals surface area contributed by atoms with Crippen LogP contribution in [0.2, 0.25) is 0 Å². The van der Waals surface area contributed by atoms with E-state index in [4.69, 9.17) is 19.3 Å². The van der Waals surface area contributed by atoms with Crippen molar-refractivity contribution in [1.82, 2.24) is 0 Å². The molecule has 2 saturated heterocycles. The Morgan fingerprint density at radius 3 is 2.50 bits per heavy atom. The molecular weight excluding hydrogens is 188 g/mol. The van der Waals surface area contributed by atoms with Crippen LogP contribution in [0.4, 0.5) is 0 Å². The Kier molecular flexibility index (Phi) is 2.06. The Balaban J connectivity index is 2.11. The van der Waals surface area contributed by atoms with Gasteiger partial charge in [0, 0.05) is 5.92 Å². The summed E-state index contributed by atoms with van der Waals surface area (Å²) in [7, 11) is 0. The summed E-state index contributed by atoms with van der Waals surface area (Å²) >= 11 is 0.